The first-order valence-electron chi connectivity index (χ1n) is 6.14. The minimum Gasteiger partial charge on any atom is -0.382 e. The number of thioether (sulfide) groups is 1. The van der Waals surface area contributed by atoms with Crippen LogP contribution in [0.1, 0.15) is 13.3 Å². The van der Waals surface area contributed by atoms with Gasteiger partial charge in [-0.25, -0.2) is 0 Å². The van der Waals surface area contributed by atoms with Crippen LogP contribution in [0.5, 0.6) is 0 Å². The highest BCUT2D eigenvalue weighted by Gasteiger charge is 2.29. The van der Waals surface area contributed by atoms with Gasteiger partial charge in [-0.1, -0.05) is 0 Å². The van der Waals surface area contributed by atoms with Crippen molar-refractivity contribution in [3.05, 3.63) is 24.3 Å². The number of nitrogens with one attached hydrogen (secondary N) is 1. The molecule has 106 valence electrons. The van der Waals surface area contributed by atoms with Crippen molar-refractivity contribution in [2.45, 2.75) is 29.8 Å². The predicted octanol–water partition coefficient (Wildman–Crippen LogP) is 4.14. The summed E-state index contributed by atoms with van der Waals surface area (Å²) in [6, 6.07) is 6.58. The zero-order valence-corrected chi connectivity index (χ0v) is 11.4. The average Bonchev–Trinajstić information content (AvgIpc) is 2.83. The van der Waals surface area contributed by atoms with E-state index in [9.17, 15) is 13.2 Å². The lowest BCUT2D eigenvalue weighted by Gasteiger charge is -2.20. The van der Waals surface area contributed by atoms with Crippen molar-refractivity contribution < 1.29 is 17.9 Å². The van der Waals surface area contributed by atoms with Crippen LogP contribution < -0.4 is 5.32 Å². The zero-order valence-electron chi connectivity index (χ0n) is 10.5. The molecule has 0 saturated carbocycles. The Morgan fingerprint density at radius 3 is 2.53 bits per heavy atom. The normalized spacial score (nSPS) is 21.4. The van der Waals surface area contributed by atoms with Gasteiger partial charge in [0.2, 0.25) is 0 Å². The molecule has 0 spiro atoms. The molecule has 2 atom stereocenters. The third-order valence-electron chi connectivity index (χ3n) is 3.15. The highest BCUT2D eigenvalue weighted by Crippen LogP contribution is 2.37. The minimum absolute atomic E-state index is 0.0941. The summed E-state index contributed by atoms with van der Waals surface area (Å²) in [6.07, 6.45) is 1.02. The summed E-state index contributed by atoms with van der Waals surface area (Å²) in [7, 11) is 0. The minimum atomic E-state index is -4.23. The van der Waals surface area contributed by atoms with Crippen molar-refractivity contribution in [2.24, 2.45) is 5.92 Å². The standard InChI is InChI=1S/C13H16F3NOS/c1-9(10-6-7-18-8-10)17-11-2-4-12(5-3-11)19-13(14,15)16/h2-5,9-10,17H,6-8H2,1H3. The van der Waals surface area contributed by atoms with E-state index in [2.05, 4.69) is 12.2 Å². The number of rotatable bonds is 4. The molecule has 1 fully saturated rings. The lowest BCUT2D eigenvalue weighted by Crippen LogP contribution is -2.26. The Morgan fingerprint density at radius 1 is 1.32 bits per heavy atom. The lowest BCUT2D eigenvalue weighted by atomic mass is 10.0. The topological polar surface area (TPSA) is 21.3 Å². The molecule has 1 aromatic carbocycles. The Morgan fingerprint density at radius 2 is 2.00 bits per heavy atom. The maximum absolute atomic E-state index is 12.2. The second-order valence-corrected chi connectivity index (χ2v) is 5.77. The van der Waals surface area contributed by atoms with E-state index in [-0.39, 0.29) is 22.7 Å². The third-order valence-corrected chi connectivity index (χ3v) is 3.89. The van der Waals surface area contributed by atoms with E-state index >= 15 is 0 Å². The first-order chi connectivity index (χ1) is 8.94. The first kappa shape index (κ1) is 14.5. The van der Waals surface area contributed by atoms with Gasteiger partial charge < -0.3 is 10.1 Å². The Kier molecular flexibility index (Phi) is 4.62. The van der Waals surface area contributed by atoms with Crippen molar-refractivity contribution in [2.75, 3.05) is 18.5 Å². The number of hydrogen-bond acceptors (Lipinski definition) is 3. The SMILES string of the molecule is CC(Nc1ccc(SC(F)(F)F)cc1)C1CCOC1. The van der Waals surface area contributed by atoms with Crippen molar-refractivity contribution in [3.8, 4) is 0 Å². The van der Waals surface area contributed by atoms with Gasteiger partial charge in [0, 0.05) is 29.1 Å². The van der Waals surface area contributed by atoms with E-state index in [0.29, 0.717) is 5.92 Å². The number of alkyl halides is 3. The number of benzene rings is 1. The van der Waals surface area contributed by atoms with Crippen LogP contribution in [0.4, 0.5) is 18.9 Å². The highest BCUT2D eigenvalue weighted by molar-refractivity contribution is 8.00. The summed E-state index contributed by atoms with van der Waals surface area (Å²) in [4.78, 5) is 0.204. The second-order valence-electron chi connectivity index (χ2n) is 4.63. The molecule has 2 unspecified atom stereocenters. The molecule has 2 rings (SSSR count). The zero-order chi connectivity index (χ0) is 13.9. The molecule has 0 aliphatic carbocycles. The molecule has 0 radical (unpaired) electrons. The second kappa shape index (κ2) is 6.05. The average molecular weight is 291 g/mol. The van der Waals surface area contributed by atoms with E-state index in [1.54, 1.807) is 12.1 Å². The molecule has 2 nitrogen and oxygen atoms in total. The molecular weight excluding hydrogens is 275 g/mol. The Hall–Kier alpha value is -0.880. The Bertz CT molecular complexity index is 401. The van der Waals surface area contributed by atoms with Crippen LogP contribution in [0.15, 0.2) is 29.2 Å². The van der Waals surface area contributed by atoms with E-state index < -0.39 is 5.51 Å². The molecule has 0 aromatic heterocycles. The molecule has 0 amide bonds. The van der Waals surface area contributed by atoms with Crippen molar-refractivity contribution in [1.29, 1.82) is 0 Å². The summed E-state index contributed by atoms with van der Waals surface area (Å²) in [5, 5.41) is 3.30. The van der Waals surface area contributed by atoms with Crippen molar-refractivity contribution in [1.82, 2.24) is 0 Å². The number of ether oxygens (including phenoxy) is 1. The van der Waals surface area contributed by atoms with Crippen LogP contribution in [0.2, 0.25) is 0 Å². The molecule has 1 aliphatic rings. The molecule has 6 heteroatoms. The molecule has 19 heavy (non-hydrogen) atoms. The predicted molar refractivity (Wildman–Crippen MR) is 70.4 cm³/mol. The van der Waals surface area contributed by atoms with Gasteiger partial charge in [0.05, 0.1) is 6.61 Å². The summed E-state index contributed by atoms with van der Waals surface area (Å²) in [6.45, 7) is 3.60. The van der Waals surface area contributed by atoms with Crippen LogP contribution in [-0.4, -0.2) is 24.8 Å². The summed E-state index contributed by atoms with van der Waals surface area (Å²) in [5.74, 6) is 0.462. The smallest absolute Gasteiger partial charge is 0.382 e. The number of anilines is 1. The Balaban J connectivity index is 1.91. The lowest BCUT2D eigenvalue weighted by molar-refractivity contribution is -0.0328. The largest absolute Gasteiger partial charge is 0.446 e. The van der Waals surface area contributed by atoms with Gasteiger partial charge >= 0.3 is 5.51 Å². The van der Waals surface area contributed by atoms with E-state index in [0.717, 1.165) is 25.3 Å². The number of halogens is 3. The van der Waals surface area contributed by atoms with Gasteiger partial charge in [-0.2, -0.15) is 13.2 Å². The summed E-state index contributed by atoms with van der Waals surface area (Å²) < 4.78 is 41.9. The molecule has 1 aromatic rings. The molecule has 1 aliphatic heterocycles. The van der Waals surface area contributed by atoms with Gasteiger partial charge in [0.1, 0.15) is 0 Å². The molecule has 0 bridgehead atoms. The van der Waals surface area contributed by atoms with Crippen molar-refractivity contribution in [3.63, 3.8) is 0 Å². The fraction of sp³-hybridized carbons (Fsp3) is 0.538. The van der Waals surface area contributed by atoms with E-state index in [4.69, 9.17) is 4.74 Å². The molecule has 1 heterocycles. The van der Waals surface area contributed by atoms with Gasteiger partial charge in [0.25, 0.3) is 0 Å². The van der Waals surface area contributed by atoms with Crippen LogP contribution in [0.3, 0.4) is 0 Å². The van der Waals surface area contributed by atoms with E-state index in [1.807, 2.05) is 0 Å². The van der Waals surface area contributed by atoms with Crippen LogP contribution in [0, 0.1) is 5.92 Å². The monoisotopic (exact) mass is 291 g/mol. The maximum Gasteiger partial charge on any atom is 0.446 e. The fourth-order valence-corrected chi connectivity index (χ4v) is 2.62. The summed E-state index contributed by atoms with van der Waals surface area (Å²) in [5.41, 5.74) is -3.39. The van der Waals surface area contributed by atoms with Gasteiger partial charge in [-0.15, -0.1) is 0 Å². The first-order valence-corrected chi connectivity index (χ1v) is 6.96. The molecular formula is C13H16F3NOS. The van der Waals surface area contributed by atoms with Crippen LogP contribution in [-0.2, 0) is 4.74 Å². The van der Waals surface area contributed by atoms with Crippen LogP contribution in [0.25, 0.3) is 0 Å². The van der Waals surface area contributed by atoms with Crippen molar-refractivity contribution >= 4 is 17.4 Å². The summed E-state index contributed by atoms with van der Waals surface area (Å²) >= 11 is -0.0941. The Labute approximate surface area is 114 Å². The third kappa shape index (κ3) is 4.62. The molecule has 1 N–H and O–H groups in total. The quantitative estimate of drug-likeness (QED) is 0.843. The maximum atomic E-state index is 12.2. The molecule has 1 saturated heterocycles. The van der Waals surface area contributed by atoms with Gasteiger partial charge in [-0.3, -0.25) is 0 Å². The highest BCUT2D eigenvalue weighted by atomic mass is 32.2. The number of hydrogen-bond donors (Lipinski definition) is 1. The fourth-order valence-electron chi connectivity index (χ4n) is 2.08. The van der Waals surface area contributed by atoms with Gasteiger partial charge in [0.15, 0.2) is 0 Å². The van der Waals surface area contributed by atoms with Gasteiger partial charge in [-0.05, 0) is 49.4 Å². The van der Waals surface area contributed by atoms with E-state index in [1.165, 1.54) is 12.1 Å². The van der Waals surface area contributed by atoms with Crippen LogP contribution >= 0.6 is 11.8 Å².